The van der Waals surface area contributed by atoms with Crippen molar-refractivity contribution in [3.63, 3.8) is 0 Å². The van der Waals surface area contributed by atoms with E-state index in [-0.39, 0.29) is 23.8 Å². The van der Waals surface area contributed by atoms with E-state index in [1.807, 2.05) is 0 Å². The Balaban J connectivity index is 2.90. The standard InChI is InChI=1S/C10H13N5O5/c1-5-8(17)11-10(14-12-5)15-13-6(9(18)20-3)4-7(16)19-2/h4H2,1-3H3,(H2,11,14,15,17). The van der Waals surface area contributed by atoms with E-state index in [2.05, 4.69) is 35.2 Å². The molecule has 0 aliphatic carbocycles. The molecule has 108 valence electrons. The molecule has 0 saturated carbocycles. The maximum absolute atomic E-state index is 11.4. The lowest BCUT2D eigenvalue weighted by Crippen LogP contribution is -2.22. The summed E-state index contributed by atoms with van der Waals surface area (Å²) in [7, 11) is 2.32. The van der Waals surface area contributed by atoms with Crippen molar-refractivity contribution in [2.24, 2.45) is 5.10 Å². The molecule has 0 bridgehead atoms. The molecule has 0 spiro atoms. The molecule has 1 heterocycles. The molecule has 0 aliphatic heterocycles. The highest BCUT2D eigenvalue weighted by atomic mass is 16.5. The van der Waals surface area contributed by atoms with Crippen molar-refractivity contribution in [3.8, 4) is 0 Å². The van der Waals surface area contributed by atoms with Crippen LogP contribution in [0.15, 0.2) is 9.90 Å². The number of carbonyl (C=O) groups is 2. The van der Waals surface area contributed by atoms with E-state index >= 15 is 0 Å². The van der Waals surface area contributed by atoms with Crippen LogP contribution < -0.4 is 11.0 Å². The van der Waals surface area contributed by atoms with Crippen LogP contribution in [0.25, 0.3) is 0 Å². The van der Waals surface area contributed by atoms with Crippen LogP contribution >= 0.6 is 0 Å². The molecule has 0 unspecified atom stereocenters. The second-order valence-electron chi connectivity index (χ2n) is 3.50. The van der Waals surface area contributed by atoms with Crippen LogP contribution in [0.5, 0.6) is 0 Å². The van der Waals surface area contributed by atoms with Crippen molar-refractivity contribution in [3.05, 3.63) is 16.0 Å². The maximum Gasteiger partial charge on any atom is 0.354 e. The van der Waals surface area contributed by atoms with Gasteiger partial charge in [0.15, 0.2) is 5.71 Å². The fourth-order valence-electron chi connectivity index (χ4n) is 1.05. The molecule has 2 N–H and O–H groups in total. The number of H-pyrrole nitrogens is 1. The van der Waals surface area contributed by atoms with Crippen molar-refractivity contribution in [1.82, 2.24) is 15.2 Å². The van der Waals surface area contributed by atoms with Gasteiger partial charge in [0.25, 0.3) is 5.56 Å². The zero-order valence-electron chi connectivity index (χ0n) is 11.1. The van der Waals surface area contributed by atoms with Gasteiger partial charge in [0.2, 0.25) is 5.95 Å². The molecule has 0 amide bonds. The number of esters is 2. The minimum Gasteiger partial charge on any atom is -0.469 e. The van der Waals surface area contributed by atoms with Crippen LogP contribution in [0.2, 0.25) is 0 Å². The van der Waals surface area contributed by atoms with E-state index in [4.69, 9.17) is 0 Å². The number of rotatable bonds is 5. The summed E-state index contributed by atoms with van der Waals surface area (Å²) >= 11 is 0. The van der Waals surface area contributed by atoms with Gasteiger partial charge in [0.1, 0.15) is 5.69 Å². The molecule has 10 heteroatoms. The van der Waals surface area contributed by atoms with Gasteiger partial charge >= 0.3 is 11.9 Å². The van der Waals surface area contributed by atoms with Crippen LogP contribution in [0, 0.1) is 6.92 Å². The molecule has 0 aromatic carbocycles. The first-order chi connectivity index (χ1) is 9.47. The van der Waals surface area contributed by atoms with Gasteiger partial charge in [-0.15, -0.1) is 10.2 Å². The Kier molecular flexibility index (Phi) is 5.32. The second-order valence-corrected chi connectivity index (χ2v) is 3.50. The monoisotopic (exact) mass is 283 g/mol. The van der Waals surface area contributed by atoms with Gasteiger partial charge in [-0.25, -0.2) is 10.2 Å². The zero-order chi connectivity index (χ0) is 15.1. The predicted molar refractivity (Wildman–Crippen MR) is 67.1 cm³/mol. The van der Waals surface area contributed by atoms with E-state index in [1.54, 1.807) is 0 Å². The summed E-state index contributed by atoms with van der Waals surface area (Å²) in [5, 5.41) is 10.8. The van der Waals surface area contributed by atoms with Gasteiger partial charge in [-0.1, -0.05) is 0 Å². The maximum atomic E-state index is 11.4. The number of aryl methyl sites for hydroxylation is 1. The van der Waals surface area contributed by atoms with E-state index in [0.29, 0.717) is 0 Å². The quantitative estimate of drug-likeness (QED) is 0.398. The number of ether oxygens (including phenoxy) is 2. The third-order valence-corrected chi connectivity index (χ3v) is 2.12. The first-order valence-corrected chi connectivity index (χ1v) is 5.39. The van der Waals surface area contributed by atoms with Gasteiger partial charge in [0, 0.05) is 0 Å². The predicted octanol–water partition coefficient (Wildman–Crippen LogP) is -1.02. The number of methoxy groups -OCH3 is 2. The second kappa shape index (κ2) is 6.97. The lowest BCUT2D eigenvalue weighted by molar-refractivity contribution is -0.140. The van der Waals surface area contributed by atoms with Gasteiger partial charge in [-0.05, 0) is 6.92 Å². The topological polar surface area (TPSA) is 136 Å². The van der Waals surface area contributed by atoms with Crippen LogP contribution in [0.1, 0.15) is 12.1 Å². The lowest BCUT2D eigenvalue weighted by Gasteiger charge is -2.04. The summed E-state index contributed by atoms with van der Waals surface area (Å²) in [6.45, 7) is 1.48. The number of hydrazone groups is 1. The van der Waals surface area contributed by atoms with Gasteiger partial charge in [-0.2, -0.15) is 5.10 Å². The fraction of sp³-hybridized carbons (Fsp3) is 0.400. The number of hydrogen-bond acceptors (Lipinski definition) is 9. The summed E-state index contributed by atoms with van der Waals surface area (Å²) in [6.07, 6.45) is -0.389. The Bertz CT molecular complexity index is 594. The molecule has 0 atom stereocenters. The summed E-state index contributed by atoms with van der Waals surface area (Å²) in [5.74, 6) is -1.56. The first kappa shape index (κ1) is 15.3. The van der Waals surface area contributed by atoms with E-state index < -0.39 is 17.5 Å². The minimum atomic E-state index is -0.815. The number of hydrogen-bond donors (Lipinski definition) is 2. The number of nitrogens with zero attached hydrogens (tertiary/aromatic N) is 3. The average molecular weight is 283 g/mol. The molecule has 0 aliphatic rings. The number of carbonyl (C=O) groups excluding carboxylic acids is 2. The van der Waals surface area contributed by atoms with Gasteiger partial charge in [0.05, 0.1) is 20.6 Å². The third kappa shape index (κ3) is 4.15. The minimum absolute atomic E-state index is 0.0770. The largest absolute Gasteiger partial charge is 0.469 e. The van der Waals surface area contributed by atoms with E-state index in [1.165, 1.54) is 14.0 Å². The molecule has 20 heavy (non-hydrogen) atoms. The molecular weight excluding hydrogens is 270 g/mol. The number of nitrogens with one attached hydrogen (secondary N) is 2. The van der Waals surface area contributed by atoms with Gasteiger partial charge in [-0.3, -0.25) is 14.6 Å². The lowest BCUT2D eigenvalue weighted by atomic mass is 10.3. The van der Waals surface area contributed by atoms with Crippen molar-refractivity contribution in [1.29, 1.82) is 0 Å². The summed E-state index contributed by atoms with van der Waals surface area (Å²) in [5.41, 5.74) is 1.80. The number of aromatic amines is 1. The Morgan fingerprint density at radius 2 is 2.00 bits per heavy atom. The highest BCUT2D eigenvalue weighted by Gasteiger charge is 2.17. The SMILES string of the molecule is COC(=O)CC(=NNc1nnc(C)c(=O)[nH]1)C(=O)OC. The average Bonchev–Trinajstić information content (AvgIpc) is 2.45. The summed E-state index contributed by atoms with van der Waals surface area (Å²) in [4.78, 5) is 36.2. The number of aromatic nitrogens is 3. The van der Waals surface area contributed by atoms with Crippen molar-refractivity contribution >= 4 is 23.6 Å². The third-order valence-electron chi connectivity index (χ3n) is 2.12. The zero-order valence-corrected chi connectivity index (χ0v) is 11.1. The summed E-state index contributed by atoms with van der Waals surface area (Å²) < 4.78 is 8.88. The van der Waals surface area contributed by atoms with Crippen LogP contribution in [0.4, 0.5) is 5.95 Å². The van der Waals surface area contributed by atoms with Crippen LogP contribution in [-0.2, 0) is 19.1 Å². The van der Waals surface area contributed by atoms with Crippen LogP contribution in [-0.4, -0.2) is 47.1 Å². The smallest absolute Gasteiger partial charge is 0.354 e. The highest BCUT2D eigenvalue weighted by Crippen LogP contribution is 1.97. The molecule has 0 saturated heterocycles. The highest BCUT2D eigenvalue weighted by molar-refractivity contribution is 6.39. The van der Waals surface area contributed by atoms with Crippen molar-refractivity contribution in [2.45, 2.75) is 13.3 Å². The molecule has 1 rings (SSSR count). The molecule has 0 radical (unpaired) electrons. The molecule has 1 aromatic heterocycles. The summed E-state index contributed by atoms with van der Waals surface area (Å²) in [6, 6.07) is 0. The van der Waals surface area contributed by atoms with Gasteiger partial charge < -0.3 is 9.47 Å². The molecule has 10 nitrogen and oxygen atoms in total. The van der Waals surface area contributed by atoms with E-state index in [9.17, 15) is 14.4 Å². The Labute approximate surface area is 113 Å². The Hall–Kier alpha value is -2.78. The first-order valence-electron chi connectivity index (χ1n) is 5.39. The number of anilines is 1. The molecule has 0 fully saturated rings. The molecular formula is C10H13N5O5. The molecule has 1 aromatic rings. The fourth-order valence-corrected chi connectivity index (χ4v) is 1.05. The van der Waals surface area contributed by atoms with Crippen molar-refractivity contribution < 1.29 is 19.1 Å². The van der Waals surface area contributed by atoms with Crippen molar-refractivity contribution in [2.75, 3.05) is 19.6 Å². The Morgan fingerprint density at radius 1 is 1.30 bits per heavy atom. The Morgan fingerprint density at radius 3 is 2.55 bits per heavy atom. The van der Waals surface area contributed by atoms with E-state index in [0.717, 1.165) is 7.11 Å². The normalized spacial score (nSPS) is 10.8. The van der Waals surface area contributed by atoms with Crippen LogP contribution in [0.3, 0.4) is 0 Å².